The van der Waals surface area contributed by atoms with Crippen molar-refractivity contribution in [3.05, 3.63) is 23.5 Å². The van der Waals surface area contributed by atoms with E-state index in [9.17, 15) is 0 Å². The second kappa shape index (κ2) is 2.20. The Balaban J connectivity index is 2.50. The van der Waals surface area contributed by atoms with Crippen molar-refractivity contribution in [1.29, 1.82) is 0 Å². The van der Waals surface area contributed by atoms with Crippen molar-refractivity contribution in [2.75, 3.05) is 12.1 Å². The standard InChI is InChI=1S/C8H11N3/c1-6-3-7-4-10-11(2)8(7)5-9-6/h3,5,10H,4H2,1-2H3. The molecule has 0 spiro atoms. The summed E-state index contributed by atoms with van der Waals surface area (Å²) >= 11 is 0. The van der Waals surface area contributed by atoms with Crippen molar-refractivity contribution in [1.82, 2.24) is 10.4 Å². The van der Waals surface area contributed by atoms with Crippen LogP contribution in [-0.2, 0) is 6.54 Å². The predicted octanol–water partition coefficient (Wildman–Crippen LogP) is 0.844. The molecule has 1 aliphatic rings. The summed E-state index contributed by atoms with van der Waals surface area (Å²) in [6.45, 7) is 2.94. The minimum absolute atomic E-state index is 0.926. The first-order chi connectivity index (χ1) is 5.27. The van der Waals surface area contributed by atoms with E-state index in [1.165, 1.54) is 11.3 Å². The first-order valence-electron chi connectivity index (χ1n) is 3.70. The molecule has 11 heavy (non-hydrogen) atoms. The zero-order valence-corrected chi connectivity index (χ0v) is 6.76. The van der Waals surface area contributed by atoms with Gasteiger partial charge in [-0.1, -0.05) is 0 Å². The van der Waals surface area contributed by atoms with Crippen LogP contribution in [-0.4, -0.2) is 12.0 Å². The quantitative estimate of drug-likeness (QED) is 0.592. The van der Waals surface area contributed by atoms with E-state index in [1.807, 2.05) is 25.2 Å². The molecule has 3 nitrogen and oxygen atoms in total. The van der Waals surface area contributed by atoms with Gasteiger partial charge in [-0.2, -0.15) is 0 Å². The van der Waals surface area contributed by atoms with Crippen LogP contribution in [0.15, 0.2) is 12.3 Å². The Morgan fingerprint density at radius 1 is 1.64 bits per heavy atom. The molecular weight excluding hydrogens is 138 g/mol. The fourth-order valence-electron chi connectivity index (χ4n) is 1.34. The highest BCUT2D eigenvalue weighted by atomic mass is 15.5. The lowest BCUT2D eigenvalue weighted by Gasteiger charge is -2.10. The minimum atomic E-state index is 0.926. The summed E-state index contributed by atoms with van der Waals surface area (Å²) in [5, 5.41) is 2.00. The molecule has 1 aliphatic heterocycles. The number of hydrogen-bond acceptors (Lipinski definition) is 3. The molecule has 0 aromatic carbocycles. The fraction of sp³-hybridized carbons (Fsp3) is 0.375. The lowest BCUT2D eigenvalue weighted by atomic mass is 10.2. The van der Waals surface area contributed by atoms with E-state index in [-0.39, 0.29) is 0 Å². The number of nitrogens with zero attached hydrogens (tertiary/aromatic N) is 2. The van der Waals surface area contributed by atoms with Crippen LogP contribution in [0.25, 0.3) is 0 Å². The van der Waals surface area contributed by atoms with Gasteiger partial charge in [0.2, 0.25) is 0 Å². The Morgan fingerprint density at radius 2 is 2.45 bits per heavy atom. The number of hydrogen-bond donors (Lipinski definition) is 1. The average Bonchev–Trinajstić information content (AvgIpc) is 2.32. The maximum Gasteiger partial charge on any atom is 0.0745 e. The molecule has 0 aliphatic carbocycles. The van der Waals surface area contributed by atoms with E-state index in [4.69, 9.17) is 0 Å². The minimum Gasteiger partial charge on any atom is -0.309 e. The number of hydrazine groups is 1. The predicted molar refractivity (Wildman–Crippen MR) is 44.2 cm³/mol. The van der Waals surface area contributed by atoms with Crippen LogP contribution >= 0.6 is 0 Å². The van der Waals surface area contributed by atoms with Gasteiger partial charge in [0, 0.05) is 19.3 Å². The van der Waals surface area contributed by atoms with E-state index in [1.54, 1.807) is 0 Å². The van der Waals surface area contributed by atoms with Crippen LogP contribution < -0.4 is 10.4 Å². The molecule has 0 saturated carbocycles. The topological polar surface area (TPSA) is 28.2 Å². The highest BCUT2D eigenvalue weighted by Gasteiger charge is 2.14. The van der Waals surface area contributed by atoms with Crippen molar-refractivity contribution < 1.29 is 0 Å². The Bertz CT molecular complexity index is 283. The van der Waals surface area contributed by atoms with Gasteiger partial charge >= 0.3 is 0 Å². The summed E-state index contributed by atoms with van der Waals surface area (Å²) in [5.74, 6) is 0. The number of fused-ring (bicyclic) bond motifs is 1. The van der Waals surface area contributed by atoms with Crippen LogP contribution in [0.3, 0.4) is 0 Å². The number of anilines is 1. The smallest absolute Gasteiger partial charge is 0.0745 e. The van der Waals surface area contributed by atoms with Crippen LogP contribution in [0.1, 0.15) is 11.3 Å². The van der Waals surface area contributed by atoms with Gasteiger partial charge in [-0.05, 0) is 18.6 Å². The molecule has 0 radical (unpaired) electrons. The van der Waals surface area contributed by atoms with Gasteiger partial charge in [0.1, 0.15) is 0 Å². The summed E-state index contributed by atoms with van der Waals surface area (Å²) in [6.07, 6.45) is 1.91. The summed E-state index contributed by atoms with van der Waals surface area (Å²) in [4.78, 5) is 4.22. The molecule has 3 heteroatoms. The molecule has 0 atom stereocenters. The van der Waals surface area contributed by atoms with Crippen molar-refractivity contribution in [2.45, 2.75) is 13.5 Å². The lowest BCUT2D eigenvalue weighted by molar-refractivity contribution is 0.734. The summed E-state index contributed by atoms with van der Waals surface area (Å²) in [6, 6.07) is 2.12. The lowest BCUT2D eigenvalue weighted by Crippen LogP contribution is -2.26. The second-order valence-corrected chi connectivity index (χ2v) is 2.85. The molecular formula is C8H11N3. The molecule has 0 bridgehead atoms. The number of nitrogens with one attached hydrogen (secondary N) is 1. The van der Waals surface area contributed by atoms with Gasteiger partial charge in [-0.25, -0.2) is 5.43 Å². The first-order valence-corrected chi connectivity index (χ1v) is 3.70. The summed E-state index contributed by atoms with van der Waals surface area (Å²) in [7, 11) is 2.00. The molecule has 58 valence electrons. The zero-order valence-electron chi connectivity index (χ0n) is 6.76. The van der Waals surface area contributed by atoms with Gasteiger partial charge < -0.3 is 5.01 Å². The van der Waals surface area contributed by atoms with Crippen molar-refractivity contribution in [3.63, 3.8) is 0 Å². The van der Waals surface area contributed by atoms with E-state index in [0.717, 1.165) is 12.2 Å². The average molecular weight is 149 g/mol. The molecule has 0 saturated heterocycles. The maximum atomic E-state index is 4.22. The monoisotopic (exact) mass is 149 g/mol. The van der Waals surface area contributed by atoms with Crippen molar-refractivity contribution >= 4 is 5.69 Å². The third kappa shape index (κ3) is 0.973. The number of aryl methyl sites for hydroxylation is 1. The van der Waals surface area contributed by atoms with Gasteiger partial charge in [0.25, 0.3) is 0 Å². The van der Waals surface area contributed by atoms with E-state index in [2.05, 4.69) is 16.5 Å². The summed E-state index contributed by atoms with van der Waals surface area (Å²) < 4.78 is 0. The normalized spacial score (nSPS) is 15.3. The third-order valence-corrected chi connectivity index (χ3v) is 1.97. The maximum absolute atomic E-state index is 4.22. The molecule has 2 rings (SSSR count). The zero-order chi connectivity index (χ0) is 7.84. The van der Waals surface area contributed by atoms with Crippen molar-refractivity contribution in [3.8, 4) is 0 Å². The van der Waals surface area contributed by atoms with Crippen molar-refractivity contribution in [2.24, 2.45) is 0 Å². The van der Waals surface area contributed by atoms with Crippen LogP contribution in [0, 0.1) is 6.92 Å². The molecule has 1 aromatic heterocycles. The highest BCUT2D eigenvalue weighted by Crippen LogP contribution is 2.22. The Kier molecular flexibility index (Phi) is 1.32. The highest BCUT2D eigenvalue weighted by molar-refractivity contribution is 5.54. The molecule has 1 N–H and O–H groups in total. The molecule has 0 fully saturated rings. The van der Waals surface area contributed by atoms with E-state index >= 15 is 0 Å². The van der Waals surface area contributed by atoms with Gasteiger partial charge in [0.05, 0.1) is 11.9 Å². The van der Waals surface area contributed by atoms with Gasteiger partial charge in [0.15, 0.2) is 0 Å². The van der Waals surface area contributed by atoms with E-state index < -0.39 is 0 Å². The Morgan fingerprint density at radius 3 is 3.27 bits per heavy atom. The largest absolute Gasteiger partial charge is 0.309 e. The van der Waals surface area contributed by atoms with E-state index in [0.29, 0.717) is 0 Å². The van der Waals surface area contributed by atoms with Crippen LogP contribution in [0.4, 0.5) is 5.69 Å². The molecule has 0 unspecified atom stereocenters. The summed E-state index contributed by atoms with van der Waals surface area (Å²) in [5.41, 5.74) is 6.81. The number of pyridine rings is 1. The molecule has 1 aromatic rings. The number of aromatic nitrogens is 1. The Hall–Kier alpha value is -1.09. The SMILES string of the molecule is Cc1cc2c(cn1)N(C)NC2. The Labute approximate surface area is 66.0 Å². The molecule has 0 amide bonds. The van der Waals surface area contributed by atoms with Crippen LogP contribution in [0.2, 0.25) is 0 Å². The third-order valence-electron chi connectivity index (χ3n) is 1.97. The van der Waals surface area contributed by atoms with Gasteiger partial charge in [-0.15, -0.1) is 0 Å². The molecule has 2 heterocycles. The second-order valence-electron chi connectivity index (χ2n) is 2.85. The fourth-order valence-corrected chi connectivity index (χ4v) is 1.34. The number of rotatable bonds is 0. The van der Waals surface area contributed by atoms with Gasteiger partial charge in [-0.3, -0.25) is 4.98 Å². The van der Waals surface area contributed by atoms with Crippen LogP contribution in [0.5, 0.6) is 0 Å². The first kappa shape index (κ1) is 6.61.